The molecule has 0 unspecified atom stereocenters. The minimum atomic E-state index is 0.789. The molecule has 1 aliphatic carbocycles. The van der Waals surface area contributed by atoms with Crippen LogP contribution in [0.5, 0.6) is 0 Å². The van der Waals surface area contributed by atoms with Gasteiger partial charge in [0, 0.05) is 18.5 Å². The third-order valence-electron chi connectivity index (χ3n) is 2.49. The molecule has 0 amide bonds. The van der Waals surface area contributed by atoms with E-state index in [1.807, 2.05) is 0 Å². The molecule has 0 spiro atoms. The number of thiazole rings is 1. The highest BCUT2D eigenvalue weighted by molar-refractivity contribution is 7.13. The van der Waals surface area contributed by atoms with Crippen LogP contribution < -0.4 is 5.32 Å². The predicted molar refractivity (Wildman–Crippen MR) is 63.5 cm³/mol. The second kappa shape index (κ2) is 5.47. The van der Waals surface area contributed by atoms with E-state index in [9.17, 15) is 0 Å². The Kier molecular flexibility index (Phi) is 3.97. The van der Waals surface area contributed by atoms with Gasteiger partial charge < -0.3 is 10.1 Å². The molecule has 0 radical (unpaired) electrons. The van der Waals surface area contributed by atoms with Gasteiger partial charge in [0.25, 0.3) is 0 Å². The van der Waals surface area contributed by atoms with Crippen molar-refractivity contribution in [3.63, 3.8) is 0 Å². The molecule has 1 fully saturated rings. The lowest BCUT2D eigenvalue weighted by Crippen LogP contribution is -2.10. The number of aryl methyl sites for hydroxylation is 1. The zero-order valence-corrected chi connectivity index (χ0v) is 9.98. The summed E-state index contributed by atoms with van der Waals surface area (Å²) >= 11 is 1.67. The van der Waals surface area contributed by atoms with E-state index in [0.29, 0.717) is 0 Å². The highest BCUT2D eigenvalue weighted by Crippen LogP contribution is 2.28. The first-order chi connectivity index (χ1) is 7.38. The van der Waals surface area contributed by atoms with Crippen LogP contribution in [0.15, 0.2) is 5.38 Å². The van der Waals surface area contributed by atoms with E-state index >= 15 is 0 Å². The normalized spacial score (nSPS) is 15.5. The van der Waals surface area contributed by atoms with Gasteiger partial charge in [0.1, 0.15) is 0 Å². The van der Waals surface area contributed by atoms with Crippen molar-refractivity contribution in [2.45, 2.75) is 26.2 Å². The molecule has 1 aliphatic rings. The summed E-state index contributed by atoms with van der Waals surface area (Å²) in [6.07, 6.45) is 3.73. The van der Waals surface area contributed by atoms with Crippen molar-refractivity contribution in [1.29, 1.82) is 0 Å². The maximum Gasteiger partial charge on any atom is 0.182 e. The monoisotopic (exact) mass is 226 g/mol. The summed E-state index contributed by atoms with van der Waals surface area (Å²) in [6.45, 7) is 4.72. The standard InChI is InChI=1S/C11H18N2OS/c1-2-10-8-15-11(13-10)12-5-6-14-7-9-3-4-9/h8-9H,2-7H2,1H3,(H,12,13). The first-order valence-corrected chi connectivity index (χ1v) is 6.52. The van der Waals surface area contributed by atoms with Gasteiger partial charge in [-0.25, -0.2) is 4.98 Å². The highest BCUT2D eigenvalue weighted by Gasteiger charge is 2.20. The number of hydrogen-bond donors (Lipinski definition) is 1. The topological polar surface area (TPSA) is 34.1 Å². The maximum atomic E-state index is 5.53. The molecule has 1 N–H and O–H groups in total. The Bertz CT molecular complexity index is 297. The van der Waals surface area contributed by atoms with Crippen molar-refractivity contribution in [2.75, 3.05) is 25.1 Å². The molecule has 15 heavy (non-hydrogen) atoms. The predicted octanol–water partition coefficient (Wildman–Crippen LogP) is 2.54. The largest absolute Gasteiger partial charge is 0.379 e. The molecule has 2 rings (SSSR count). The van der Waals surface area contributed by atoms with Gasteiger partial charge >= 0.3 is 0 Å². The molecule has 0 saturated heterocycles. The zero-order valence-electron chi connectivity index (χ0n) is 9.16. The van der Waals surface area contributed by atoms with Crippen molar-refractivity contribution in [2.24, 2.45) is 5.92 Å². The van der Waals surface area contributed by atoms with Gasteiger partial charge in [-0.05, 0) is 25.2 Å². The summed E-state index contributed by atoms with van der Waals surface area (Å²) in [5.74, 6) is 0.858. The first-order valence-electron chi connectivity index (χ1n) is 5.64. The molecule has 1 heterocycles. The quantitative estimate of drug-likeness (QED) is 0.725. The Morgan fingerprint density at radius 1 is 1.60 bits per heavy atom. The van der Waals surface area contributed by atoms with Crippen LogP contribution >= 0.6 is 11.3 Å². The number of nitrogens with zero attached hydrogens (tertiary/aromatic N) is 1. The van der Waals surface area contributed by atoms with Crippen LogP contribution in [-0.4, -0.2) is 24.7 Å². The van der Waals surface area contributed by atoms with Crippen LogP contribution in [0.4, 0.5) is 5.13 Å². The van der Waals surface area contributed by atoms with Crippen LogP contribution in [0.2, 0.25) is 0 Å². The van der Waals surface area contributed by atoms with Crippen LogP contribution in [0.1, 0.15) is 25.5 Å². The Balaban J connectivity index is 1.56. The van der Waals surface area contributed by atoms with Crippen LogP contribution in [-0.2, 0) is 11.2 Å². The number of nitrogens with one attached hydrogen (secondary N) is 1. The molecule has 0 atom stereocenters. The summed E-state index contributed by atoms with van der Waals surface area (Å²) < 4.78 is 5.53. The average Bonchev–Trinajstić information content (AvgIpc) is 2.96. The number of anilines is 1. The Morgan fingerprint density at radius 3 is 3.13 bits per heavy atom. The van der Waals surface area contributed by atoms with Crippen molar-refractivity contribution < 1.29 is 4.74 Å². The SMILES string of the molecule is CCc1csc(NCCOCC2CC2)n1. The molecular weight excluding hydrogens is 208 g/mol. The van der Waals surface area contributed by atoms with E-state index in [1.54, 1.807) is 11.3 Å². The van der Waals surface area contributed by atoms with E-state index in [-0.39, 0.29) is 0 Å². The van der Waals surface area contributed by atoms with E-state index in [4.69, 9.17) is 4.74 Å². The second-order valence-corrected chi connectivity index (χ2v) is 4.80. The fraction of sp³-hybridized carbons (Fsp3) is 0.727. The van der Waals surface area contributed by atoms with E-state index in [0.717, 1.165) is 37.2 Å². The van der Waals surface area contributed by atoms with Gasteiger partial charge in [-0.3, -0.25) is 0 Å². The van der Waals surface area contributed by atoms with Crippen LogP contribution in [0.25, 0.3) is 0 Å². The fourth-order valence-electron chi connectivity index (χ4n) is 1.32. The van der Waals surface area contributed by atoms with E-state index < -0.39 is 0 Å². The molecule has 0 aliphatic heterocycles. The number of rotatable bonds is 7. The van der Waals surface area contributed by atoms with Gasteiger partial charge in [0.05, 0.1) is 12.3 Å². The second-order valence-electron chi connectivity index (χ2n) is 3.94. The molecule has 3 nitrogen and oxygen atoms in total. The summed E-state index contributed by atoms with van der Waals surface area (Å²) in [4.78, 5) is 4.43. The van der Waals surface area contributed by atoms with Gasteiger partial charge in [-0.15, -0.1) is 11.3 Å². The third kappa shape index (κ3) is 3.80. The Morgan fingerprint density at radius 2 is 2.47 bits per heavy atom. The van der Waals surface area contributed by atoms with Crippen LogP contribution in [0, 0.1) is 5.92 Å². The van der Waals surface area contributed by atoms with Gasteiger partial charge in [0.15, 0.2) is 5.13 Å². The van der Waals surface area contributed by atoms with E-state index in [1.165, 1.54) is 18.5 Å². The van der Waals surface area contributed by atoms with Crippen LogP contribution in [0.3, 0.4) is 0 Å². The summed E-state index contributed by atoms with van der Waals surface area (Å²) in [7, 11) is 0. The van der Waals surface area contributed by atoms with Gasteiger partial charge in [-0.1, -0.05) is 6.92 Å². The molecule has 1 aromatic heterocycles. The third-order valence-corrected chi connectivity index (χ3v) is 3.34. The number of ether oxygens (including phenoxy) is 1. The summed E-state index contributed by atoms with van der Waals surface area (Å²) in [6, 6.07) is 0. The Labute approximate surface area is 94.9 Å². The highest BCUT2D eigenvalue weighted by atomic mass is 32.1. The molecule has 4 heteroatoms. The van der Waals surface area contributed by atoms with Crippen molar-refractivity contribution >= 4 is 16.5 Å². The minimum absolute atomic E-state index is 0.789. The molecule has 1 aromatic rings. The number of aromatic nitrogens is 1. The molecule has 0 bridgehead atoms. The zero-order chi connectivity index (χ0) is 10.5. The lowest BCUT2D eigenvalue weighted by atomic mass is 10.4. The maximum absolute atomic E-state index is 5.53. The van der Waals surface area contributed by atoms with Crippen molar-refractivity contribution in [1.82, 2.24) is 4.98 Å². The molecule has 84 valence electrons. The Hall–Kier alpha value is -0.610. The average molecular weight is 226 g/mol. The number of hydrogen-bond acceptors (Lipinski definition) is 4. The van der Waals surface area contributed by atoms with Gasteiger partial charge in [-0.2, -0.15) is 0 Å². The summed E-state index contributed by atoms with van der Waals surface area (Å²) in [5, 5.41) is 6.40. The summed E-state index contributed by atoms with van der Waals surface area (Å²) in [5.41, 5.74) is 1.17. The molecule has 0 aromatic carbocycles. The smallest absolute Gasteiger partial charge is 0.182 e. The molecular formula is C11H18N2OS. The van der Waals surface area contributed by atoms with Crippen molar-refractivity contribution in [3.05, 3.63) is 11.1 Å². The fourth-order valence-corrected chi connectivity index (χ4v) is 2.14. The lowest BCUT2D eigenvalue weighted by Gasteiger charge is -2.03. The minimum Gasteiger partial charge on any atom is -0.379 e. The lowest BCUT2D eigenvalue weighted by molar-refractivity contribution is 0.134. The first kappa shape index (κ1) is 10.9. The van der Waals surface area contributed by atoms with E-state index in [2.05, 4.69) is 22.6 Å². The molecule has 1 saturated carbocycles. The van der Waals surface area contributed by atoms with Gasteiger partial charge in [0.2, 0.25) is 0 Å². The van der Waals surface area contributed by atoms with Crippen molar-refractivity contribution in [3.8, 4) is 0 Å².